The van der Waals surface area contributed by atoms with Gasteiger partial charge in [-0.25, -0.2) is 0 Å². The molecule has 0 spiro atoms. The highest BCUT2D eigenvalue weighted by Crippen LogP contribution is 2.31. The molecule has 0 aromatic carbocycles. The lowest BCUT2D eigenvalue weighted by Crippen LogP contribution is -2.05. The van der Waals surface area contributed by atoms with Crippen molar-refractivity contribution >= 4 is 11.6 Å². The molecule has 58 valence electrons. The van der Waals surface area contributed by atoms with E-state index in [0.717, 1.165) is 5.03 Å². The molecule has 0 aliphatic heterocycles. The molecule has 0 radical (unpaired) electrons. The standard InChI is InChI=1S/C9H15Cl/c1-2-9(10)8-6-4-3-5-7-8/h2,8H,3-7H2,1H3. The lowest BCUT2D eigenvalue weighted by molar-refractivity contribution is 0.413. The van der Waals surface area contributed by atoms with E-state index < -0.39 is 0 Å². The minimum atomic E-state index is 0.695. The van der Waals surface area contributed by atoms with Crippen LogP contribution in [-0.2, 0) is 0 Å². The van der Waals surface area contributed by atoms with Crippen molar-refractivity contribution < 1.29 is 0 Å². The van der Waals surface area contributed by atoms with Crippen LogP contribution in [0.5, 0.6) is 0 Å². The molecule has 0 unspecified atom stereocenters. The topological polar surface area (TPSA) is 0 Å². The van der Waals surface area contributed by atoms with Gasteiger partial charge in [-0.1, -0.05) is 36.9 Å². The first-order valence-corrected chi connectivity index (χ1v) is 4.54. The lowest BCUT2D eigenvalue weighted by atomic mass is 9.89. The Kier molecular flexibility index (Phi) is 3.27. The zero-order valence-electron chi connectivity index (χ0n) is 6.57. The Morgan fingerprint density at radius 3 is 2.40 bits per heavy atom. The molecule has 1 fully saturated rings. The molecule has 0 bridgehead atoms. The summed E-state index contributed by atoms with van der Waals surface area (Å²) in [6, 6.07) is 0. The van der Waals surface area contributed by atoms with Crippen LogP contribution in [0.2, 0.25) is 0 Å². The molecule has 0 amide bonds. The van der Waals surface area contributed by atoms with Gasteiger partial charge in [0.05, 0.1) is 0 Å². The highest BCUT2D eigenvalue weighted by atomic mass is 35.5. The number of allylic oxidation sites excluding steroid dienone is 2. The minimum absolute atomic E-state index is 0.695. The van der Waals surface area contributed by atoms with E-state index in [-0.39, 0.29) is 0 Å². The van der Waals surface area contributed by atoms with Gasteiger partial charge in [-0.3, -0.25) is 0 Å². The summed E-state index contributed by atoms with van der Waals surface area (Å²) in [6.07, 6.45) is 8.80. The lowest BCUT2D eigenvalue weighted by Gasteiger charge is -2.20. The number of rotatable bonds is 1. The molecule has 1 heteroatoms. The number of hydrogen-bond donors (Lipinski definition) is 0. The van der Waals surface area contributed by atoms with Crippen molar-refractivity contribution in [1.29, 1.82) is 0 Å². The van der Waals surface area contributed by atoms with Crippen molar-refractivity contribution in [2.24, 2.45) is 5.92 Å². The van der Waals surface area contributed by atoms with Gasteiger partial charge in [-0.05, 0) is 25.7 Å². The van der Waals surface area contributed by atoms with E-state index in [1.165, 1.54) is 32.1 Å². The molecule has 0 aromatic rings. The van der Waals surface area contributed by atoms with E-state index in [2.05, 4.69) is 0 Å². The van der Waals surface area contributed by atoms with Crippen LogP contribution in [0.25, 0.3) is 0 Å². The van der Waals surface area contributed by atoms with E-state index in [9.17, 15) is 0 Å². The van der Waals surface area contributed by atoms with Gasteiger partial charge in [0.1, 0.15) is 0 Å². The Labute approximate surface area is 68.3 Å². The van der Waals surface area contributed by atoms with Crippen molar-refractivity contribution in [2.75, 3.05) is 0 Å². The fourth-order valence-corrected chi connectivity index (χ4v) is 1.83. The Morgan fingerprint density at radius 2 is 1.90 bits per heavy atom. The summed E-state index contributed by atoms with van der Waals surface area (Å²) in [5.41, 5.74) is 0. The van der Waals surface area contributed by atoms with Gasteiger partial charge < -0.3 is 0 Å². The van der Waals surface area contributed by atoms with Crippen LogP contribution in [0.15, 0.2) is 11.1 Å². The van der Waals surface area contributed by atoms with Crippen LogP contribution >= 0.6 is 11.6 Å². The van der Waals surface area contributed by atoms with E-state index in [4.69, 9.17) is 11.6 Å². The predicted molar refractivity (Wildman–Crippen MR) is 46.2 cm³/mol. The number of halogens is 1. The highest BCUT2D eigenvalue weighted by molar-refractivity contribution is 6.29. The van der Waals surface area contributed by atoms with Crippen molar-refractivity contribution in [3.8, 4) is 0 Å². The average Bonchev–Trinajstić information content (AvgIpc) is 2.05. The molecule has 0 nitrogen and oxygen atoms in total. The van der Waals surface area contributed by atoms with Crippen LogP contribution in [0, 0.1) is 5.92 Å². The Morgan fingerprint density at radius 1 is 1.30 bits per heavy atom. The van der Waals surface area contributed by atoms with Gasteiger partial charge in [0.15, 0.2) is 0 Å². The smallest absolute Gasteiger partial charge is 0.0169 e. The largest absolute Gasteiger partial charge is 0.0892 e. The van der Waals surface area contributed by atoms with Crippen LogP contribution in [0.1, 0.15) is 39.0 Å². The first kappa shape index (κ1) is 8.13. The predicted octanol–water partition coefficient (Wildman–Crippen LogP) is 3.71. The van der Waals surface area contributed by atoms with Gasteiger partial charge in [0.25, 0.3) is 0 Å². The van der Waals surface area contributed by atoms with Crippen molar-refractivity contribution in [3.63, 3.8) is 0 Å². The van der Waals surface area contributed by atoms with Crippen molar-refractivity contribution in [2.45, 2.75) is 39.0 Å². The SMILES string of the molecule is CC=C(Cl)C1CCCCC1. The molecule has 1 saturated carbocycles. The van der Waals surface area contributed by atoms with Gasteiger partial charge in [-0.2, -0.15) is 0 Å². The monoisotopic (exact) mass is 158 g/mol. The summed E-state index contributed by atoms with van der Waals surface area (Å²) in [5, 5.41) is 1.08. The number of hydrogen-bond acceptors (Lipinski definition) is 0. The molecule has 0 heterocycles. The maximum Gasteiger partial charge on any atom is 0.0169 e. The summed E-state index contributed by atoms with van der Waals surface area (Å²) in [5.74, 6) is 0.695. The van der Waals surface area contributed by atoms with E-state index in [1.54, 1.807) is 0 Å². The third-order valence-corrected chi connectivity index (χ3v) is 2.80. The van der Waals surface area contributed by atoms with E-state index >= 15 is 0 Å². The molecule has 10 heavy (non-hydrogen) atoms. The molecule has 1 aliphatic carbocycles. The molecule has 0 atom stereocenters. The second kappa shape index (κ2) is 4.02. The van der Waals surface area contributed by atoms with Gasteiger partial charge in [0, 0.05) is 5.03 Å². The highest BCUT2D eigenvalue weighted by Gasteiger charge is 2.14. The third kappa shape index (κ3) is 2.02. The Balaban J connectivity index is 2.39. The van der Waals surface area contributed by atoms with Crippen LogP contribution in [0.3, 0.4) is 0 Å². The summed E-state index contributed by atoms with van der Waals surface area (Å²) in [7, 11) is 0. The van der Waals surface area contributed by atoms with E-state index in [0.29, 0.717) is 5.92 Å². The normalized spacial score (nSPS) is 23.2. The summed E-state index contributed by atoms with van der Waals surface area (Å²) < 4.78 is 0. The second-order valence-corrected chi connectivity index (χ2v) is 3.44. The van der Waals surface area contributed by atoms with Crippen LogP contribution < -0.4 is 0 Å². The molecular weight excluding hydrogens is 144 g/mol. The summed E-state index contributed by atoms with van der Waals surface area (Å²) in [6.45, 7) is 2.02. The minimum Gasteiger partial charge on any atom is -0.0892 e. The molecule has 1 rings (SSSR count). The van der Waals surface area contributed by atoms with E-state index in [1.807, 2.05) is 13.0 Å². The van der Waals surface area contributed by atoms with Crippen molar-refractivity contribution in [1.82, 2.24) is 0 Å². The molecule has 1 aliphatic rings. The first-order chi connectivity index (χ1) is 4.84. The summed E-state index contributed by atoms with van der Waals surface area (Å²) in [4.78, 5) is 0. The molecular formula is C9H15Cl. The second-order valence-electron chi connectivity index (χ2n) is 3.01. The van der Waals surface area contributed by atoms with Crippen molar-refractivity contribution in [3.05, 3.63) is 11.1 Å². The van der Waals surface area contributed by atoms with Crippen LogP contribution in [-0.4, -0.2) is 0 Å². The average molecular weight is 159 g/mol. The Bertz CT molecular complexity index is 121. The summed E-state index contributed by atoms with van der Waals surface area (Å²) >= 11 is 6.01. The molecule has 0 saturated heterocycles. The van der Waals surface area contributed by atoms with Gasteiger partial charge >= 0.3 is 0 Å². The zero-order chi connectivity index (χ0) is 7.40. The van der Waals surface area contributed by atoms with Crippen LogP contribution in [0.4, 0.5) is 0 Å². The zero-order valence-corrected chi connectivity index (χ0v) is 7.32. The maximum absolute atomic E-state index is 6.01. The molecule has 0 N–H and O–H groups in total. The quantitative estimate of drug-likeness (QED) is 0.546. The molecule has 0 aromatic heterocycles. The fraction of sp³-hybridized carbons (Fsp3) is 0.778. The maximum atomic E-state index is 6.01. The fourth-order valence-electron chi connectivity index (χ4n) is 1.61. The Hall–Kier alpha value is 0.0300. The van der Waals surface area contributed by atoms with Gasteiger partial charge in [0.2, 0.25) is 0 Å². The first-order valence-electron chi connectivity index (χ1n) is 4.16. The third-order valence-electron chi connectivity index (χ3n) is 2.27. The van der Waals surface area contributed by atoms with Gasteiger partial charge in [-0.15, -0.1) is 0 Å².